The molecule has 0 amide bonds. The maximum atomic E-state index is 4.80. The summed E-state index contributed by atoms with van der Waals surface area (Å²) in [4.78, 5) is 5.92. The first kappa shape index (κ1) is 15.6. The van der Waals surface area contributed by atoms with E-state index in [1.807, 2.05) is 17.4 Å². The van der Waals surface area contributed by atoms with Crippen molar-refractivity contribution in [1.82, 2.24) is 15.8 Å². The van der Waals surface area contributed by atoms with Gasteiger partial charge in [0.05, 0.1) is 6.54 Å². The lowest BCUT2D eigenvalue weighted by Gasteiger charge is -2.15. The first-order valence-electron chi connectivity index (χ1n) is 7.21. The average Bonchev–Trinajstić information content (AvgIpc) is 3.15. The fourth-order valence-corrected chi connectivity index (χ4v) is 2.81. The summed E-state index contributed by atoms with van der Waals surface area (Å²) in [5.74, 6) is 1.37. The van der Waals surface area contributed by atoms with E-state index in [4.69, 9.17) is 4.52 Å². The summed E-state index contributed by atoms with van der Waals surface area (Å²) in [6.07, 6.45) is 2.65. The number of hydrogen-bond donors (Lipinski definition) is 2. The molecule has 6 heteroatoms. The molecule has 2 heterocycles. The molecule has 2 rings (SSSR count). The molecular formula is C15H22N4OS. The van der Waals surface area contributed by atoms with Crippen molar-refractivity contribution in [3.63, 3.8) is 0 Å². The van der Waals surface area contributed by atoms with Crippen molar-refractivity contribution >= 4 is 17.3 Å². The van der Waals surface area contributed by atoms with Gasteiger partial charge in [0.15, 0.2) is 5.96 Å². The van der Waals surface area contributed by atoms with Crippen molar-refractivity contribution in [1.29, 1.82) is 0 Å². The number of guanidine groups is 1. The first-order chi connectivity index (χ1) is 10.3. The maximum Gasteiger partial charge on any atom is 0.191 e. The third kappa shape index (κ3) is 5.59. The maximum absolute atomic E-state index is 4.80. The number of nitrogens with one attached hydrogen (secondary N) is 2. The highest BCUT2D eigenvalue weighted by Crippen LogP contribution is 2.13. The van der Waals surface area contributed by atoms with Gasteiger partial charge in [-0.3, -0.25) is 0 Å². The van der Waals surface area contributed by atoms with Crippen molar-refractivity contribution in [3.8, 4) is 0 Å². The smallest absolute Gasteiger partial charge is 0.191 e. The molecule has 1 unspecified atom stereocenters. The predicted molar refractivity (Wildman–Crippen MR) is 86.5 cm³/mol. The van der Waals surface area contributed by atoms with E-state index in [-0.39, 0.29) is 0 Å². The lowest BCUT2D eigenvalue weighted by molar-refractivity contribution is 0.412. The Labute approximate surface area is 129 Å². The van der Waals surface area contributed by atoms with Gasteiger partial charge in [-0.05, 0) is 30.7 Å². The number of hydrogen-bond acceptors (Lipinski definition) is 4. The van der Waals surface area contributed by atoms with Crippen LogP contribution in [0, 0.1) is 5.92 Å². The number of nitrogens with zero attached hydrogens (tertiary/aromatic N) is 2. The van der Waals surface area contributed by atoms with Gasteiger partial charge in [-0.15, -0.1) is 11.3 Å². The quantitative estimate of drug-likeness (QED) is 0.610. The molecule has 0 saturated carbocycles. The van der Waals surface area contributed by atoms with Crippen LogP contribution in [-0.4, -0.2) is 24.2 Å². The minimum Gasteiger partial charge on any atom is -0.364 e. The van der Waals surface area contributed by atoms with E-state index in [9.17, 15) is 0 Å². The van der Waals surface area contributed by atoms with E-state index in [1.165, 1.54) is 4.88 Å². The van der Waals surface area contributed by atoms with Gasteiger partial charge < -0.3 is 15.2 Å². The SMILES string of the molecule is CCNC(=NCc1ccon1)NCC(C)Cc1cccs1. The van der Waals surface area contributed by atoms with Crippen LogP contribution < -0.4 is 10.6 Å². The van der Waals surface area contributed by atoms with Crippen LogP contribution in [0.25, 0.3) is 0 Å². The lowest BCUT2D eigenvalue weighted by Crippen LogP contribution is -2.39. The molecule has 0 fully saturated rings. The molecule has 2 N–H and O–H groups in total. The number of rotatable bonds is 7. The highest BCUT2D eigenvalue weighted by atomic mass is 32.1. The number of thiophene rings is 1. The fourth-order valence-electron chi connectivity index (χ4n) is 1.94. The zero-order chi connectivity index (χ0) is 14.9. The Morgan fingerprint density at radius 2 is 2.33 bits per heavy atom. The molecule has 2 aromatic heterocycles. The van der Waals surface area contributed by atoms with Gasteiger partial charge in [-0.2, -0.15) is 0 Å². The van der Waals surface area contributed by atoms with Crippen LogP contribution >= 0.6 is 11.3 Å². The van der Waals surface area contributed by atoms with Crippen LogP contribution in [0.4, 0.5) is 0 Å². The molecule has 21 heavy (non-hydrogen) atoms. The molecule has 114 valence electrons. The number of aromatic nitrogens is 1. The monoisotopic (exact) mass is 306 g/mol. The summed E-state index contributed by atoms with van der Waals surface area (Å²) in [6.45, 7) is 6.55. The minimum atomic E-state index is 0.519. The summed E-state index contributed by atoms with van der Waals surface area (Å²) in [6, 6.07) is 6.11. The summed E-state index contributed by atoms with van der Waals surface area (Å²) in [7, 11) is 0. The molecule has 0 aliphatic rings. The second-order valence-corrected chi connectivity index (χ2v) is 5.99. The number of aliphatic imine (C=N–C) groups is 1. The van der Waals surface area contributed by atoms with Crippen molar-refractivity contribution in [2.75, 3.05) is 13.1 Å². The molecule has 0 aliphatic heterocycles. The van der Waals surface area contributed by atoms with E-state index in [2.05, 4.69) is 52.1 Å². The molecule has 2 aromatic rings. The van der Waals surface area contributed by atoms with Crippen LogP contribution in [-0.2, 0) is 13.0 Å². The Morgan fingerprint density at radius 1 is 1.43 bits per heavy atom. The predicted octanol–water partition coefficient (Wildman–Crippen LogP) is 2.67. The van der Waals surface area contributed by atoms with Crippen LogP contribution in [0.15, 0.2) is 39.4 Å². The van der Waals surface area contributed by atoms with Crippen LogP contribution in [0.3, 0.4) is 0 Å². The van der Waals surface area contributed by atoms with E-state index >= 15 is 0 Å². The van der Waals surface area contributed by atoms with Gasteiger partial charge in [0, 0.05) is 24.0 Å². The first-order valence-corrected chi connectivity index (χ1v) is 8.09. The van der Waals surface area contributed by atoms with E-state index in [0.29, 0.717) is 12.5 Å². The third-order valence-electron chi connectivity index (χ3n) is 2.98. The Bertz CT molecular complexity index is 522. The molecule has 5 nitrogen and oxygen atoms in total. The molecule has 0 aromatic carbocycles. The largest absolute Gasteiger partial charge is 0.364 e. The highest BCUT2D eigenvalue weighted by Gasteiger charge is 2.06. The Balaban J connectivity index is 1.80. The Kier molecular flexibility index (Phi) is 6.27. The van der Waals surface area contributed by atoms with Gasteiger partial charge in [0.2, 0.25) is 0 Å². The fraction of sp³-hybridized carbons (Fsp3) is 0.467. The van der Waals surface area contributed by atoms with Gasteiger partial charge >= 0.3 is 0 Å². The zero-order valence-corrected chi connectivity index (χ0v) is 13.3. The normalized spacial score (nSPS) is 13.1. The van der Waals surface area contributed by atoms with E-state index < -0.39 is 0 Å². The van der Waals surface area contributed by atoms with Crippen molar-refractivity contribution in [2.24, 2.45) is 10.9 Å². The molecule has 0 bridgehead atoms. The van der Waals surface area contributed by atoms with Gasteiger partial charge in [-0.25, -0.2) is 4.99 Å². The second kappa shape index (κ2) is 8.46. The highest BCUT2D eigenvalue weighted by molar-refractivity contribution is 7.09. The summed E-state index contributed by atoms with van der Waals surface area (Å²) < 4.78 is 4.80. The summed E-state index contributed by atoms with van der Waals surface area (Å²) in [5.41, 5.74) is 0.832. The van der Waals surface area contributed by atoms with Gasteiger partial charge in [0.1, 0.15) is 12.0 Å². The Morgan fingerprint density at radius 3 is 3.00 bits per heavy atom. The topological polar surface area (TPSA) is 62.5 Å². The van der Waals surface area contributed by atoms with Crippen molar-refractivity contribution in [3.05, 3.63) is 40.4 Å². The average molecular weight is 306 g/mol. The summed E-state index contributed by atoms with van der Waals surface area (Å²) >= 11 is 1.81. The van der Waals surface area contributed by atoms with E-state index in [0.717, 1.165) is 31.2 Å². The van der Waals surface area contributed by atoms with Gasteiger partial charge in [0.25, 0.3) is 0 Å². The van der Waals surface area contributed by atoms with Crippen LogP contribution in [0.2, 0.25) is 0 Å². The van der Waals surface area contributed by atoms with Crippen molar-refractivity contribution < 1.29 is 4.52 Å². The van der Waals surface area contributed by atoms with Crippen LogP contribution in [0.1, 0.15) is 24.4 Å². The summed E-state index contributed by atoms with van der Waals surface area (Å²) in [5, 5.41) is 12.6. The van der Waals surface area contributed by atoms with Gasteiger partial charge in [-0.1, -0.05) is 18.1 Å². The lowest BCUT2D eigenvalue weighted by atomic mass is 10.1. The standard InChI is InChI=1S/C15H22N4OS/c1-3-16-15(18-11-13-6-7-20-19-13)17-10-12(2)9-14-5-4-8-21-14/h4-8,12H,3,9-11H2,1-2H3,(H2,16,17,18). The molecule has 0 aliphatic carbocycles. The molecule has 1 atom stereocenters. The molecule has 0 spiro atoms. The molecular weight excluding hydrogens is 284 g/mol. The van der Waals surface area contributed by atoms with E-state index in [1.54, 1.807) is 6.26 Å². The van der Waals surface area contributed by atoms with Crippen LogP contribution in [0.5, 0.6) is 0 Å². The molecule has 0 radical (unpaired) electrons. The minimum absolute atomic E-state index is 0.519. The molecule has 0 saturated heterocycles. The second-order valence-electron chi connectivity index (χ2n) is 4.96. The van der Waals surface area contributed by atoms with Crippen molar-refractivity contribution in [2.45, 2.75) is 26.8 Å². The third-order valence-corrected chi connectivity index (χ3v) is 3.88. The Hall–Kier alpha value is -1.82. The zero-order valence-electron chi connectivity index (χ0n) is 12.5.